The molecular formula is C22H23N7O. The van der Waals surface area contributed by atoms with E-state index < -0.39 is 0 Å². The van der Waals surface area contributed by atoms with Gasteiger partial charge in [0.15, 0.2) is 11.6 Å². The summed E-state index contributed by atoms with van der Waals surface area (Å²) in [7, 11) is 1.76. The third kappa shape index (κ3) is 3.80. The first-order valence-electron chi connectivity index (χ1n) is 10.00. The van der Waals surface area contributed by atoms with Crippen LogP contribution in [0.3, 0.4) is 0 Å². The van der Waals surface area contributed by atoms with Gasteiger partial charge in [0.05, 0.1) is 11.6 Å². The monoisotopic (exact) mass is 401 g/mol. The number of ketones is 1. The molecular weight excluding hydrogens is 378 g/mol. The predicted octanol–water partition coefficient (Wildman–Crippen LogP) is 2.08. The molecule has 1 saturated heterocycles. The second kappa shape index (κ2) is 8.43. The Bertz CT molecular complexity index is 1110. The van der Waals surface area contributed by atoms with Crippen LogP contribution < -0.4 is 10.6 Å². The van der Waals surface area contributed by atoms with Crippen LogP contribution in [-0.4, -0.2) is 45.2 Å². The Morgan fingerprint density at radius 1 is 1.20 bits per heavy atom. The van der Waals surface area contributed by atoms with Crippen LogP contribution >= 0.6 is 0 Å². The minimum absolute atomic E-state index is 0.211. The van der Waals surface area contributed by atoms with E-state index in [0.717, 1.165) is 37.3 Å². The highest BCUT2D eigenvalue weighted by Gasteiger charge is 2.23. The van der Waals surface area contributed by atoms with Gasteiger partial charge in [-0.05, 0) is 49.6 Å². The summed E-state index contributed by atoms with van der Waals surface area (Å²) in [5, 5.41) is 13.9. The van der Waals surface area contributed by atoms with Crippen molar-refractivity contribution in [2.45, 2.75) is 19.3 Å². The number of hydrogen-bond donors (Lipinski definition) is 1. The van der Waals surface area contributed by atoms with Gasteiger partial charge in [-0.25, -0.2) is 9.97 Å². The Morgan fingerprint density at radius 3 is 2.60 bits per heavy atom. The van der Waals surface area contributed by atoms with Crippen LogP contribution in [0.15, 0.2) is 36.7 Å². The predicted molar refractivity (Wildman–Crippen MR) is 113 cm³/mol. The highest BCUT2D eigenvalue weighted by molar-refractivity contribution is 6.12. The van der Waals surface area contributed by atoms with Crippen LogP contribution in [0.4, 0.5) is 5.82 Å². The largest absolute Gasteiger partial charge is 0.355 e. The molecule has 0 saturated carbocycles. The number of hydrogen-bond acceptors (Lipinski definition) is 7. The van der Waals surface area contributed by atoms with Crippen molar-refractivity contribution in [3.05, 3.63) is 59.0 Å². The molecule has 0 bridgehead atoms. The standard InChI is InChI=1S/C22H23N7O/c1-28-19(11-20(27-28)29-8-2-3-9-29)21(30)18-10-15(12-24)4-5-17(18)22-25-13-16(6-7-23)14-26-22/h4-5,10-11,13-14H,2-3,6-9,23H2,1H3. The zero-order valence-corrected chi connectivity index (χ0v) is 16.9. The van der Waals surface area contributed by atoms with Gasteiger partial charge < -0.3 is 10.6 Å². The van der Waals surface area contributed by atoms with E-state index in [1.165, 1.54) is 0 Å². The number of nitrogens with zero attached hydrogens (tertiary/aromatic N) is 6. The number of carbonyl (C=O) groups excluding carboxylic acids is 1. The Morgan fingerprint density at radius 2 is 1.93 bits per heavy atom. The summed E-state index contributed by atoms with van der Waals surface area (Å²) >= 11 is 0. The molecule has 2 N–H and O–H groups in total. The number of aromatic nitrogens is 4. The lowest BCUT2D eigenvalue weighted by atomic mass is 9.98. The van der Waals surface area contributed by atoms with Gasteiger partial charge in [-0.1, -0.05) is 0 Å². The number of aryl methyl sites for hydroxylation is 1. The Hall–Kier alpha value is -3.57. The van der Waals surface area contributed by atoms with E-state index in [4.69, 9.17) is 5.73 Å². The highest BCUT2D eigenvalue weighted by Crippen LogP contribution is 2.26. The maximum Gasteiger partial charge on any atom is 0.211 e. The van der Waals surface area contributed by atoms with Crippen LogP contribution in [-0.2, 0) is 13.5 Å². The summed E-state index contributed by atoms with van der Waals surface area (Å²) in [6, 6.07) is 8.91. The molecule has 1 fully saturated rings. The Kier molecular flexibility index (Phi) is 5.55. The first-order valence-corrected chi connectivity index (χ1v) is 10.00. The molecule has 4 rings (SSSR count). The molecule has 3 aromatic rings. The number of carbonyl (C=O) groups is 1. The van der Waals surface area contributed by atoms with Gasteiger partial charge in [0, 0.05) is 49.7 Å². The van der Waals surface area contributed by atoms with Gasteiger partial charge in [0.2, 0.25) is 5.78 Å². The molecule has 8 heteroatoms. The summed E-state index contributed by atoms with van der Waals surface area (Å²) in [5.74, 6) is 1.03. The van der Waals surface area contributed by atoms with Crippen molar-refractivity contribution in [1.82, 2.24) is 19.7 Å². The Balaban J connectivity index is 1.74. The number of nitriles is 1. The Labute approximate surface area is 175 Å². The molecule has 1 aliphatic rings. The molecule has 1 aromatic carbocycles. The molecule has 8 nitrogen and oxygen atoms in total. The smallest absolute Gasteiger partial charge is 0.211 e. The fraction of sp³-hybridized carbons (Fsp3) is 0.318. The molecule has 0 spiro atoms. The summed E-state index contributed by atoms with van der Waals surface area (Å²) < 4.78 is 1.60. The van der Waals surface area contributed by atoms with E-state index in [0.29, 0.717) is 41.2 Å². The average molecular weight is 401 g/mol. The van der Waals surface area contributed by atoms with Gasteiger partial charge in [0.25, 0.3) is 0 Å². The summed E-state index contributed by atoms with van der Waals surface area (Å²) in [6.45, 7) is 2.41. The highest BCUT2D eigenvalue weighted by atomic mass is 16.1. The van der Waals surface area contributed by atoms with Crippen LogP contribution in [0.1, 0.15) is 40.0 Å². The van der Waals surface area contributed by atoms with Crippen LogP contribution in [0.25, 0.3) is 11.4 Å². The lowest BCUT2D eigenvalue weighted by Crippen LogP contribution is -2.18. The van der Waals surface area contributed by atoms with Crippen LogP contribution in [0.2, 0.25) is 0 Å². The van der Waals surface area contributed by atoms with Crippen molar-refractivity contribution in [2.75, 3.05) is 24.5 Å². The number of rotatable bonds is 6. The minimum Gasteiger partial charge on any atom is -0.355 e. The van der Waals surface area contributed by atoms with Crippen molar-refractivity contribution in [3.8, 4) is 17.5 Å². The number of benzene rings is 1. The molecule has 0 aliphatic carbocycles. The quantitative estimate of drug-likeness (QED) is 0.629. The average Bonchev–Trinajstić information content (AvgIpc) is 3.43. The zero-order chi connectivity index (χ0) is 21.1. The minimum atomic E-state index is -0.211. The van der Waals surface area contributed by atoms with E-state index in [2.05, 4.69) is 26.0 Å². The third-order valence-electron chi connectivity index (χ3n) is 5.30. The maximum atomic E-state index is 13.5. The third-order valence-corrected chi connectivity index (χ3v) is 5.30. The topological polar surface area (TPSA) is 114 Å². The van der Waals surface area contributed by atoms with E-state index >= 15 is 0 Å². The summed E-state index contributed by atoms with van der Waals surface area (Å²) in [5.41, 5.74) is 8.37. The van der Waals surface area contributed by atoms with E-state index in [9.17, 15) is 10.1 Å². The van der Waals surface area contributed by atoms with Crippen molar-refractivity contribution < 1.29 is 4.79 Å². The van der Waals surface area contributed by atoms with E-state index in [-0.39, 0.29) is 5.78 Å². The van der Waals surface area contributed by atoms with Gasteiger partial charge >= 0.3 is 0 Å². The van der Waals surface area contributed by atoms with Crippen LogP contribution in [0, 0.1) is 11.3 Å². The molecule has 3 heterocycles. The SMILES string of the molecule is Cn1nc(N2CCCC2)cc1C(=O)c1cc(C#N)ccc1-c1ncc(CCN)cn1. The van der Waals surface area contributed by atoms with Crippen LogP contribution in [0.5, 0.6) is 0 Å². The van der Waals surface area contributed by atoms with Crippen molar-refractivity contribution in [1.29, 1.82) is 5.26 Å². The fourth-order valence-corrected chi connectivity index (χ4v) is 3.69. The number of nitrogens with two attached hydrogens (primary N) is 1. The van der Waals surface area contributed by atoms with Crippen molar-refractivity contribution in [3.63, 3.8) is 0 Å². The van der Waals surface area contributed by atoms with Gasteiger partial charge in [0.1, 0.15) is 5.69 Å². The maximum absolute atomic E-state index is 13.5. The summed E-state index contributed by atoms with van der Waals surface area (Å²) in [6.07, 6.45) is 6.39. The first-order chi connectivity index (χ1) is 14.6. The molecule has 30 heavy (non-hydrogen) atoms. The summed E-state index contributed by atoms with van der Waals surface area (Å²) in [4.78, 5) is 24.5. The van der Waals surface area contributed by atoms with Gasteiger partial charge in [-0.2, -0.15) is 10.4 Å². The second-order valence-corrected chi connectivity index (χ2v) is 7.36. The molecule has 152 valence electrons. The lowest BCUT2D eigenvalue weighted by molar-refractivity contribution is 0.103. The molecule has 0 unspecified atom stereocenters. The van der Waals surface area contributed by atoms with E-state index in [1.54, 1.807) is 42.3 Å². The van der Waals surface area contributed by atoms with Crippen molar-refractivity contribution >= 4 is 11.6 Å². The molecule has 2 aromatic heterocycles. The lowest BCUT2D eigenvalue weighted by Gasteiger charge is -2.12. The zero-order valence-electron chi connectivity index (χ0n) is 16.9. The van der Waals surface area contributed by atoms with E-state index in [1.807, 2.05) is 6.07 Å². The van der Waals surface area contributed by atoms with Gasteiger partial charge in [-0.15, -0.1) is 0 Å². The van der Waals surface area contributed by atoms with Gasteiger partial charge in [-0.3, -0.25) is 9.48 Å². The normalized spacial score (nSPS) is 13.4. The molecule has 0 amide bonds. The fourth-order valence-electron chi connectivity index (χ4n) is 3.69. The second-order valence-electron chi connectivity index (χ2n) is 7.36. The number of anilines is 1. The molecule has 0 atom stereocenters. The van der Waals surface area contributed by atoms with Crippen molar-refractivity contribution in [2.24, 2.45) is 12.8 Å². The first kappa shape index (κ1) is 19.7. The molecule has 1 aliphatic heterocycles. The molecule has 0 radical (unpaired) electrons.